The van der Waals surface area contributed by atoms with E-state index >= 15 is 0 Å². The second kappa shape index (κ2) is 9.23. The second-order valence-corrected chi connectivity index (χ2v) is 8.66. The van der Waals surface area contributed by atoms with E-state index in [2.05, 4.69) is 10.0 Å². The Morgan fingerprint density at radius 2 is 1.85 bits per heavy atom. The van der Waals surface area contributed by atoms with Crippen molar-refractivity contribution in [3.05, 3.63) is 24.3 Å². The van der Waals surface area contributed by atoms with Crippen molar-refractivity contribution >= 4 is 21.6 Å². The molecule has 0 aliphatic carbocycles. The first-order chi connectivity index (χ1) is 12.3. The number of benzene rings is 1. The zero-order valence-electron chi connectivity index (χ0n) is 15.7. The Kier molecular flexibility index (Phi) is 7.28. The van der Waals surface area contributed by atoms with E-state index < -0.39 is 15.8 Å². The number of carbonyl (C=O) groups excluding carboxylic acids is 1. The fourth-order valence-electron chi connectivity index (χ4n) is 3.02. The number of nitrogens with one attached hydrogen (secondary N) is 2. The first kappa shape index (κ1) is 20.5. The van der Waals surface area contributed by atoms with E-state index in [9.17, 15) is 13.2 Å². The van der Waals surface area contributed by atoms with Crippen molar-refractivity contribution in [2.24, 2.45) is 5.92 Å². The molecule has 2 N–H and O–H groups in total. The van der Waals surface area contributed by atoms with Crippen LogP contribution in [0.1, 0.15) is 26.7 Å². The highest BCUT2D eigenvalue weighted by Gasteiger charge is 2.26. The van der Waals surface area contributed by atoms with Crippen LogP contribution in [0.4, 0.5) is 5.69 Å². The molecule has 146 valence electrons. The van der Waals surface area contributed by atoms with Crippen LogP contribution >= 0.6 is 0 Å². The van der Waals surface area contributed by atoms with Crippen LogP contribution in [0.15, 0.2) is 24.3 Å². The quantitative estimate of drug-likeness (QED) is 0.713. The summed E-state index contributed by atoms with van der Waals surface area (Å²) < 4.78 is 32.5. The third kappa shape index (κ3) is 6.49. The van der Waals surface area contributed by atoms with Crippen molar-refractivity contribution in [2.75, 3.05) is 37.2 Å². The van der Waals surface area contributed by atoms with Crippen LogP contribution in [0.5, 0.6) is 5.75 Å². The average molecular weight is 384 g/mol. The fourth-order valence-corrected chi connectivity index (χ4v) is 4.09. The number of rotatable bonds is 8. The van der Waals surface area contributed by atoms with E-state index in [1.165, 1.54) is 0 Å². The van der Waals surface area contributed by atoms with Crippen molar-refractivity contribution in [1.29, 1.82) is 0 Å². The van der Waals surface area contributed by atoms with Gasteiger partial charge in [0, 0.05) is 18.8 Å². The van der Waals surface area contributed by atoms with Crippen LogP contribution in [-0.2, 0) is 14.8 Å². The lowest BCUT2D eigenvalue weighted by Crippen LogP contribution is -2.43. The molecule has 26 heavy (non-hydrogen) atoms. The van der Waals surface area contributed by atoms with Gasteiger partial charge >= 0.3 is 0 Å². The number of anilines is 1. The molecular formula is C18H29N3O4S. The summed E-state index contributed by atoms with van der Waals surface area (Å²) in [5.74, 6) is 0.336. The Morgan fingerprint density at radius 3 is 2.38 bits per heavy atom. The predicted molar refractivity (Wildman–Crippen MR) is 103 cm³/mol. The van der Waals surface area contributed by atoms with Crippen LogP contribution in [-0.4, -0.2) is 57.8 Å². The molecule has 0 aromatic heterocycles. The number of amides is 1. The number of sulfonamides is 1. The van der Waals surface area contributed by atoms with Gasteiger partial charge in [-0.15, -0.1) is 0 Å². The van der Waals surface area contributed by atoms with Gasteiger partial charge < -0.3 is 15.0 Å². The van der Waals surface area contributed by atoms with E-state index in [-0.39, 0.29) is 12.0 Å². The normalized spacial score (nSPS) is 15.9. The standard InChI is InChI=1S/C18H29N3O4S/c1-14(2)25-17-6-4-16(5-7-17)20-26(23,24)13-18(22)21-10-8-15(9-11-21)12-19-3/h4-7,14-15,19-20H,8-13H2,1-3H3. The minimum Gasteiger partial charge on any atom is -0.491 e. The van der Waals surface area contributed by atoms with E-state index in [0.717, 1.165) is 19.4 Å². The zero-order valence-corrected chi connectivity index (χ0v) is 16.5. The van der Waals surface area contributed by atoms with Gasteiger partial charge in [-0.3, -0.25) is 9.52 Å². The highest BCUT2D eigenvalue weighted by molar-refractivity contribution is 7.93. The number of ether oxygens (including phenoxy) is 1. The van der Waals surface area contributed by atoms with E-state index in [0.29, 0.717) is 30.4 Å². The highest BCUT2D eigenvalue weighted by Crippen LogP contribution is 2.19. The summed E-state index contributed by atoms with van der Waals surface area (Å²) >= 11 is 0. The third-order valence-corrected chi connectivity index (χ3v) is 5.45. The molecule has 1 fully saturated rings. The smallest absolute Gasteiger partial charge is 0.241 e. The van der Waals surface area contributed by atoms with Crippen LogP contribution < -0.4 is 14.8 Å². The van der Waals surface area contributed by atoms with Gasteiger partial charge in [0.2, 0.25) is 15.9 Å². The van der Waals surface area contributed by atoms with Crippen molar-refractivity contribution in [3.8, 4) is 5.75 Å². The minimum atomic E-state index is -3.74. The van der Waals surface area contributed by atoms with Gasteiger partial charge in [-0.25, -0.2) is 8.42 Å². The first-order valence-corrected chi connectivity index (χ1v) is 10.6. The Hall–Kier alpha value is -1.80. The Bertz CT molecular complexity index is 681. The topological polar surface area (TPSA) is 87.7 Å². The Balaban J connectivity index is 1.87. The van der Waals surface area contributed by atoms with Crippen LogP contribution in [0.25, 0.3) is 0 Å². The van der Waals surface area contributed by atoms with Gasteiger partial charge in [-0.2, -0.15) is 0 Å². The summed E-state index contributed by atoms with van der Waals surface area (Å²) in [7, 11) is -1.82. The van der Waals surface area contributed by atoms with Crippen molar-refractivity contribution in [3.63, 3.8) is 0 Å². The number of carbonyl (C=O) groups is 1. The van der Waals surface area contributed by atoms with Crippen molar-refractivity contribution in [2.45, 2.75) is 32.8 Å². The molecule has 1 aromatic rings. The summed E-state index contributed by atoms with van der Waals surface area (Å²) in [5, 5.41) is 3.14. The lowest BCUT2D eigenvalue weighted by atomic mass is 9.97. The molecule has 8 heteroatoms. The summed E-state index contributed by atoms with van der Waals surface area (Å²) in [6.45, 7) is 6.00. The molecule has 0 saturated carbocycles. The number of likely N-dealkylation sites (tertiary alicyclic amines) is 1. The third-order valence-electron chi connectivity index (χ3n) is 4.27. The number of hydrogen-bond acceptors (Lipinski definition) is 5. The summed E-state index contributed by atoms with van der Waals surface area (Å²) in [6.07, 6.45) is 1.85. The molecule has 7 nitrogen and oxygen atoms in total. The second-order valence-electron chi connectivity index (χ2n) is 6.93. The average Bonchev–Trinajstić information content (AvgIpc) is 2.56. The maximum atomic E-state index is 12.3. The van der Waals surface area contributed by atoms with Gasteiger partial charge in [0.05, 0.1) is 6.10 Å². The van der Waals surface area contributed by atoms with Gasteiger partial charge in [-0.1, -0.05) is 0 Å². The molecule has 1 aliphatic heterocycles. The molecule has 0 atom stereocenters. The molecule has 0 unspecified atom stereocenters. The zero-order chi connectivity index (χ0) is 19.2. The Morgan fingerprint density at radius 1 is 1.23 bits per heavy atom. The summed E-state index contributed by atoms with van der Waals surface area (Å²) in [5.41, 5.74) is 0.418. The monoisotopic (exact) mass is 383 g/mol. The van der Waals surface area contributed by atoms with E-state index in [1.807, 2.05) is 20.9 Å². The van der Waals surface area contributed by atoms with Gasteiger partial charge in [0.15, 0.2) is 0 Å². The van der Waals surface area contributed by atoms with Gasteiger partial charge in [-0.05, 0) is 70.5 Å². The first-order valence-electron chi connectivity index (χ1n) is 8.98. The molecular weight excluding hydrogens is 354 g/mol. The van der Waals surface area contributed by atoms with Crippen molar-refractivity contribution < 1.29 is 17.9 Å². The Labute approximate surface area is 156 Å². The molecule has 0 radical (unpaired) electrons. The van der Waals surface area contributed by atoms with E-state index in [1.54, 1.807) is 29.2 Å². The van der Waals surface area contributed by atoms with Crippen LogP contribution in [0.2, 0.25) is 0 Å². The van der Waals surface area contributed by atoms with Crippen molar-refractivity contribution in [1.82, 2.24) is 10.2 Å². The molecule has 2 rings (SSSR count). The molecule has 1 heterocycles. The lowest BCUT2D eigenvalue weighted by Gasteiger charge is -2.31. The number of hydrogen-bond donors (Lipinski definition) is 2. The molecule has 1 aromatic carbocycles. The number of nitrogens with zero attached hydrogens (tertiary/aromatic N) is 1. The predicted octanol–water partition coefficient (Wildman–Crippen LogP) is 1.67. The lowest BCUT2D eigenvalue weighted by molar-refractivity contribution is -0.129. The SMILES string of the molecule is CNCC1CCN(C(=O)CS(=O)(=O)Nc2ccc(OC(C)C)cc2)CC1. The highest BCUT2D eigenvalue weighted by atomic mass is 32.2. The maximum absolute atomic E-state index is 12.3. The van der Waals surface area contributed by atoms with Gasteiger partial charge in [0.25, 0.3) is 0 Å². The largest absolute Gasteiger partial charge is 0.491 e. The molecule has 0 bridgehead atoms. The molecule has 1 aliphatic rings. The molecule has 1 saturated heterocycles. The fraction of sp³-hybridized carbons (Fsp3) is 0.611. The summed E-state index contributed by atoms with van der Waals surface area (Å²) in [6, 6.07) is 6.66. The minimum absolute atomic E-state index is 0.0485. The van der Waals surface area contributed by atoms with E-state index in [4.69, 9.17) is 4.74 Å². The molecule has 1 amide bonds. The number of piperidine rings is 1. The van der Waals surface area contributed by atoms with Crippen LogP contribution in [0, 0.1) is 5.92 Å². The maximum Gasteiger partial charge on any atom is 0.241 e. The van der Waals surface area contributed by atoms with Crippen LogP contribution in [0.3, 0.4) is 0 Å². The van der Waals surface area contributed by atoms with Gasteiger partial charge in [0.1, 0.15) is 11.5 Å². The molecule has 0 spiro atoms. The summed E-state index contributed by atoms with van der Waals surface area (Å²) in [4.78, 5) is 14.0.